The first-order valence-electron chi connectivity index (χ1n) is 10.9. The van der Waals surface area contributed by atoms with Crippen molar-refractivity contribution < 1.29 is 19.1 Å². The fourth-order valence-electron chi connectivity index (χ4n) is 4.11. The number of anilines is 1. The summed E-state index contributed by atoms with van der Waals surface area (Å²) in [6, 6.07) is 14.3. The minimum Gasteiger partial charge on any atom is -0.497 e. The molecule has 9 heteroatoms. The first-order chi connectivity index (χ1) is 16.0. The van der Waals surface area contributed by atoms with Crippen molar-refractivity contribution in [1.82, 2.24) is 10.2 Å². The molecule has 0 saturated carbocycles. The maximum absolute atomic E-state index is 13.0. The van der Waals surface area contributed by atoms with Crippen LogP contribution in [0.25, 0.3) is 0 Å². The number of methoxy groups -OCH3 is 1. The van der Waals surface area contributed by atoms with E-state index in [0.29, 0.717) is 24.1 Å². The Morgan fingerprint density at radius 2 is 1.82 bits per heavy atom. The summed E-state index contributed by atoms with van der Waals surface area (Å²) in [6.07, 6.45) is 0. The first kappa shape index (κ1) is 22.9. The predicted octanol–water partition coefficient (Wildman–Crippen LogP) is 2.88. The maximum Gasteiger partial charge on any atom is 0.321 e. The average molecular weight is 471 g/mol. The van der Waals surface area contributed by atoms with Gasteiger partial charge in [0.05, 0.1) is 13.7 Å². The molecule has 0 bridgehead atoms. The fourth-order valence-corrected chi connectivity index (χ4v) is 4.24. The smallest absolute Gasteiger partial charge is 0.321 e. The molecule has 2 aromatic rings. The molecule has 1 N–H and O–H groups in total. The highest BCUT2D eigenvalue weighted by Crippen LogP contribution is 2.32. The van der Waals surface area contributed by atoms with Gasteiger partial charge in [0.25, 0.3) is 0 Å². The molecular formula is C24H27ClN4O4. The molecule has 2 atom stereocenters. The van der Waals surface area contributed by atoms with E-state index in [4.69, 9.17) is 26.1 Å². The number of aliphatic imine (C=N–C) groups is 1. The van der Waals surface area contributed by atoms with Gasteiger partial charge in [-0.2, -0.15) is 0 Å². The van der Waals surface area contributed by atoms with E-state index in [1.807, 2.05) is 23.1 Å². The zero-order valence-corrected chi connectivity index (χ0v) is 19.4. The van der Waals surface area contributed by atoms with Crippen molar-refractivity contribution in [2.45, 2.75) is 13.0 Å². The molecule has 1 saturated heterocycles. The molecule has 1 amide bonds. The molecule has 0 radical (unpaired) electrons. The number of carbonyl (C=O) groups is 2. The lowest BCUT2D eigenvalue weighted by Crippen LogP contribution is -2.57. The van der Waals surface area contributed by atoms with Gasteiger partial charge in [0, 0.05) is 43.0 Å². The summed E-state index contributed by atoms with van der Waals surface area (Å²) in [5.41, 5.74) is 1.82. The van der Waals surface area contributed by atoms with Crippen LogP contribution in [0.4, 0.5) is 5.69 Å². The SMILES string of the molecule is CCOC(=O)C1C(=O)NC(N2CCN(c3cccc(OC)c3)CC2)=NC1c1ccc(Cl)cc1. The molecule has 0 aliphatic carbocycles. The molecule has 174 valence electrons. The summed E-state index contributed by atoms with van der Waals surface area (Å²) < 4.78 is 10.5. The molecular weight excluding hydrogens is 444 g/mol. The molecule has 2 aromatic carbocycles. The number of hydrogen-bond acceptors (Lipinski definition) is 7. The molecule has 2 unspecified atom stereocenters. The molecule has 1 fully saturated rings. The van der Waals surface area contributed by atoms with Crippen LogP contribution in [0, 0.1) is 5.92 Å². The number of ether oxygens (including phenoxy) is 2. The van der Waals surface area contributed by atoms with E-state index in [1.165, 1.54) is 0 Å². The summed E-state index contributed by atoms with van der Waals surface area (Å²) in [7, 11) is 1.65. The number of piperazine rings is 1. The number of rotatable bonds is 5. The van der Waals surface area contributed by atoms with Crippen LogP contribution in [-0.2, 0) is 14.3 Å². The van der Waals surface area contributed by atoms with Gasteiger partial charge < -0.3 is 19.3 Å². The van der Waals surface area contributed by atoms with E-state index >= 15 is 0 Å². The summed E-state index contributed by atoms with van der Waals surface area (Å²) in [4.78, 5) is 34.7. The number of amides is 1. The van der Waals surface area contributed by atoms with Crippen molar-refractivity contribution >= 4 is 35.1 Å². The van der Waals surface area contributed by atoms with Crippen molar-refractivity contribution in [2.75, 3.05) is 44.8 Å². The van der Waals surface area contributed by atoms with Gasteiger partial charge >= 0.3 is 5.97 Å². The van der Waals surface area contributed by atoms with Crippen LogP contribution in [0.1, 0.15) is 18.5 Å². The highest BCUT2D eigenvalue weighted by molar-refractivity contribution is 6.30. The van der Waals surface area contributed by atoms with E-state index in [2.05, 4.69) is 16.3 Å². The number of nitrogens with one attached hydrogen (secondary N) is 1. The molecule has 33 heavy (non-hydrogen) atoms. The molecule has 2 aliphatic rings. The van der Waals surface area contributed by atoms with Gasteiger partial charge in [0.2, 0.25) is 11.9 Å². The highest BCUT2D eigenvalue weighted by atomic mass is 35.5. The van der Waals surface area contributed by atoms with E-state index in [1.54, 1.807) is 38.3 Å². The lowest BCUT2D eigenvalue weighted by Gasteiger charge is -2.39. The van der Waals surface area contributed by atoms with Gasteiger partial charge in [-0.05, 0) is 36.8 Å². The third-order valence-corrected chi connectivity index (χ3v) is 6.10. The van der Waals surface area contributed by atoms with Crippen LogP contribution in [0.2, 0.25) is 5.02 Å². The summed E-state index contributed by atoms with van der Waals surface area (Å²) >= 11 is 6.03. The van der Waals surface area contributed by atoms with Crippen molar-refractivity contribution in [2.24, 2.45) is 10.9 Å². The second-order valence-corrected chi connectivity index (χ2v) is 8.28. The Kier molecular flexibility index (Phi) is 7.03. The van der Waals surface area contributed by atoms with Crippen LogP contribution >= 0.6 is 11.6 Å². The Morgan fingerprint density at radius 3 is 2.48 bits per heavy atom. The molecule has 0 spiro atoms. The minimum absolute atomic E-state index is 0.193. The maximum atomic E-state index is 13.0. The summed E-state index contributed by atoms with van der Waals surface area (Å²) in [6.45, 7) is 4.77. The van der Waals surface area contributed by atoms with Gasteiger partial charge in [-0.15, -0.1) is 0 Å². The standard InChI is InChI=1S/C24H27ClN4O4/c1-3-33-23(31)20-21(16-7-9-17(25)10-8-16)26-24(27-22(20)30)29-13-11-28(12-14-29)18-5-4-6-19(15-18)32-2/h4-10,15,20-21H,3,11-14H2,1-2H3,(H,26,27,30). The van der Waals surface area contributed by atoms with Gasteiger partial charge in [-0.25, -0.2) is 4.99 Å². The Morgan fingerprint density at radius 1 is 1.12 bits per heavy atom. The Hall–Kier alpha value is -3.26. The highest BCUT2D eigenvalue weighted by Gasteiger charge is 2.42. The number of guanidine groups is 1. The second kappa shape index (κ2) is 10.1. The molecule has 4 rings (SSSR count). The number of esters is 1. The third kappa shape index (κ3) is 5.06. The Bertz CT molecular complexity index is 1040. The van der Waals surface area contributed by atoms with Gasteiger partial charge in [0.15, 0.2) is 5.92 Å². The van der Waals surface area contributed by atoms with Crippen molar-refractivity contribution in [3.05, 3.63) is 59.1 Å². The van der Waals surface area contributed by atoms with E-state index in [9.17, 15) is 9.59 Å². The van der Waals surface area contributed by atoms with Crippen molar-refractivity contribution in [3.8, 4) is 5.75 Å². The summed E-state index contributed by atoms with van der Waals surface area (Å²) in [5, 5.41) is 3.40. The number of carbonyl (C=O) groups excluding carboxylic acids is 2. The normalized spacial score (nSPS) is 20.7. The first-order valence-corrected chi connectivity index (χ1v) is 11.3. The Labute approximate surface area is 198 Å². The quantitative estimate of drug-likeness (QED) is 0.534. The monoisotopic (exact) mass is 470 g/mol. The zero-order chi connectivity index (χ0) is 23.4. The van der Waals surface area contributed by atoms with Gasteiger partial charge in [-0.3, -0.25) is 14.9 Å². The van der Waals surface area contributed by atoms with E-state index in [-0.39, 0.29) is 6.61 Å². The van der Waals surface area contributed by atoms with Gasteiger partial charge in [0.1, 0.15) is 11.8 Å². The molecule has 8 nitrogen and oxygen atoms in total. The fraction of sp³-hybridized carbons (Fsp3) is 0.375. The van der Waals surface area contributed by atoms with E-state index in [0.717, 1.165) is 30.1 Å². The van der Waals surface area contributed by atoms with Crippen LogP contribution in [-0.4, -0.2) is 62.6 Å². The lowest BCUT2D eigenvalue weighted by molar-refractivity contribution is -0.153. The van der Waals surface area contributed by atoms with Crippen LogP contribution in [0.3, 0.4) is 0 Å². The second-order valence-electron chi connectivity index (χ2n) is 7.84. The largest absolute Gasteiger partial charge is 0.497 e. The van der Waals surface area contributed by atoms with Crippen LogP contribution in [0.15, 0.2) is 53.5 Å². The van der Waals surface area contributed by atoms with Crippen molar-refractivity contribution in [3.63, 3.8) is 0 Å². The predicted molar refractivity (Wildman–Crippen MR) is 127 cm³/mol. The molecule has 2 aliphatic heterocycles. The molecule has 2 heterocycles. The number of benzene rings is 2. The van der Waals surface area contributed by atoms with Crippen LogP contribution in [0.5, 0.6) is 5.75 Å². The molecule has 0 aromatic heterocycles. The van der Waals surface area contributed by atoms with Crippen LogP contribution < -0.4 is 15.0 Å². The Balaban J connectivity index is 1.54. The zero-order valence-electron chi connectivity index (χ0n) is 18.7. The van der Waals surface area contributed by atoms with E-state index < -0.39 is 23.8 Å². The average Bonchev–Trinajstić information content (AvgIpc) is 2.84. The lowest BCUT2D eigenvalue weighted by atomic mass is 9.91. The third-order valence-electron chi connectivity index (χ3n) is 5.84. The number of halogens is 1. The number of nitrogens with zero attached hydrogens (tertiary/aromatic N) is 3. The summed E-state index contributed by atoms with van der Waals surface area (Å²) in [5.74, 6) is -0.748. The number of hydrogen-bond donors (Lipinski definition) is 1. The van der Waals surface area contributed by atoms with Crippen molar-refractivity contribution in [1.29, 1.82) is 0 Å². The topological polar surface area (TPSA) is 83.5 Å². The van der Waals surface area contributed by atoms with Gasteiger partial charge in [-0.1, -0.05) is 29.8 Å². The minimum atomic E-state index is -1.05.